The van der Waals surface area contributed by atoms with Crippen LogP contribution < -0.4 is 5.73 Å². The SMILES string of the molecule is CS(=O)(=O)C1CCCC(C(=O)c2ccnc(CN)c2)C1. The Morgan fingerprint density at radius 1 is 1.45 bits per heavy atom. The molecule has 0 spiro atoms. The lowest BCUT2D eigenvalue weighted by atomic mass is 9.83. The number of rotatable bonds is 4. The predicted molar refractivity (Wildman–Crippen MR) is 77.0 cm³/mol. The number of sulfone groups is 1. The second kappa shape index (κ2) is 6.01. The van der Waals surface area contributed by atoms with Gasteiger partial charge in [-0.2, -0.15) is 0 Å². The normalized spacial score (nSPS) is 23.5. The van der Waals surface area contributed by atoms with Crippen molar-refractivity contribution < 1.29 is 13.2 Å². The van der Waals surface area contributed by atoms with Crippen LogP contribution in [0.2, 0.25) is 0 Å². The summed E-state index contributed by atoms with van der Waals surface area (Å²) in [5, 5.41) is -0.388. The minimum absolute atomic E-state index is 0.00968. The van der Waals surface area contributed by atoms with Crippen LogP contribution in [0, 0.1) is 5.92 Å². The summed E-state index contributed by atoms with van der Waals surface area (Å²) >= 11 is 0. The average Bonchev–Trinajstić information content (AvgIpc) is 2.46. The molecule has 1 heterocycles. The Bertz CT molecular complexity index is 598. The van der Waals surface area contributed by atoms with Gasteiger partial charge < -0.3 is 5.73 Å². The summed E-state index contributed by atoms with van der Waals surface area (Å²) < 4.78 is 23.3. The van der Waals surface area contributed by atoms with E-state index >= 15 is 0 Å². The Kier molecular flexibility index (Phi) is 4.55. The largest absolute Gasteiger partial charge is 0.325 e. The highest BCUT2D eigenvalue weighted by atomic mass is 32.2. The van der Waals surface area contributed by atoms with Crippen LogP contribution >= 0.6 is 0 Å². The summed E-state index contributed by atoms with van der Waals surface area (Å²) in [5.74, 6) is -0.202. The molecule has 110 valence electrons. The molecule has 2 unspecified atom stereocenters. The lowest BCUT2D eigenvalue weighted by molar-refractivity contribution is 0.0890. The standard InChI is InChI=1S/C14H20N2O3S/c1-20(18,19)13-4-2-3-10(8-13)14(17)11-5-6-16-12(7-11)9-15/h5-7,10,13H,2-4,8-9,15H2,1H3. The maximum Gasteiger partial charge on any atom is 0.166 e. The lowest BCUT2D eigenvalue weighted by Crippen LogP contribution is -2.31. The summed E-state index contributed by atoms with van der Waals surface area (Å²) in [7, 11) is -3.07. The van der Waals surface area contributed by atoms with Crippen molar-refractivity contribution in [2.24, 2.45) is 11.7 Å². The first-order chi connectivity index (χ1) is 9.41. The highest BCUT2D eigenvalue weighted by Crippen LogP contribution is 2.30. The van der Waals surface area contributed by atoms with E-state index in [1.807, 2.05) is 0 Å². The van der Waals surface area contributed by atoms with Crippen molar-refractivity contribution in [2.45, 2.75) is 37.5 Å². The summed E-state index contributed by atoms with van der Waals surface area (Å²) in [6.07, 6.45) is 5.45. The van der Waals surface area contributed by atoms with Crippen LogP contribution in [-0.2, 0) is 16.4 Å². The van der Waals surface area contributed by atoms with Gasteiger partial charge in [-0.05, 0) is 31.4 Å². The zero-order valence-electron chi connectivity index (χ0n) is 11.6. The van der Waals surface area contributed by atoms with Gasteiger partial charge in [0.1, 0.15) is 9.84 Å². The van der Waals surface area contributed by atoms with Gasteiger partial charge in [0.15, 0.2) is 5.78 Å². The minimum atomic E-state index is -3.07. The number of Topliss-reactive ketones (excluding diaryl/α,β-unsaturated/α-hetero) is 1. The van der Waals surface area contributed by atoms with Crippen molar-refractivity contribution in [3.63, 3.8) is 0 Å². The van der Waals surface area contributed by atoms with Crippen LogP contribution in [0.15, 0.2) is 18.3 Å². The Labute approximate surface area is 119 Å². The van der Waals surface area contributed by atoms with Crippen LogP contribution in [0.5, 0.6) is 0 Å². The van der Waals surface area contributed by atoms with E-state index in [0.717, 1.165) is 12.8 Å². The number of carbonyl (C=O) groups excluding carboxylic acids is 1. The molecule has 2 N–H and O–H groups in total. The van der Waals surface area contributed by atoms with Crippen LogP contribution in [0.3, 0.4) is 0 Å². The van der Waals surface area contributed by atoms with Crippen molar-refractivity contribution in [3.05, 3.63) is 29.6 Å². The fraction of sp³-hybridized carbons (Fsp3) is 0.571. The van der Waals surface area contributed by atoms with Crippen LogP contribution in [0.25, 0.3) is 0 Å². The Hall–Kier alpha value is -1.27. The van der Waals surface area contributed by atoms with E-state index in [4.69, 9.17) is 5.73 Å². The molecular formula is C14H20N2O3S. The van der Waals surface area contributed by atoms with Gasteiger partial charge in [0, 0.05) is 30.5 Å². The third-order valence-electron chi connectivity index (χ3n) is 3.91. The van der Waals surface area contributed by atoms with Gasteiger partial charge in [-0.15, -0.1) is 0 Å². The summed E-state index contributed by atoms with van der Waals surface area (Å²) in [5.41, 5.74) is 6.78. The molecule has 2 rings (SSSR count). The summed E-state index contributed by atoms with van der Waals surface area (Å²) in [6.45, 7) is 0.289. The van der Waals surface area contributed by atoms with E-state index in [2.05, 4.69) is 4.98 Å². The van der Waals surface area contributed by atoms with Gasteiger partial charge >= 0.3 is 0 Å². The fourth-order valence-corrected chi connectivity index (χ4v) is 3.93. The Balaban J connectivity index is 2.16. The summed E-state index contributed by atoms with van der Waals surface area (Å²) in [4.78, 5) is 16.5. The topological polar surface area (TPSA) is 90.1 Å². The van der Waals surface area contributed by atoms with Crippen LogP contribution in [-0.4, -0.2) is 30.7 Å². The highest BCUT2D eigenvalue weighted by molar-refractivity contribution is 7.91. The number of nitrogens with two attached hydrogens (primary N) is 1. The van der Waals surface area contributed by atoms with Crippen molar-refractivity contribution in [1.29, 1.82) is 0 Å². The molecule has 1 aliphatic carbocycles. The maximum atomic E-state index is 12.5. The molecule has 5 nitrogen and oxygen atoms in total. The average molecular weight is 296 g/mol. The second-order valence-corrected chi connectivity index (χ2v) is 7.75. The number of aromatic nitrogens is 1. The van der Waals surface area contributed by atoms with Crippen molar-refractivity contribution in [1.82, 2.24) is 4.98 Å². The second-order valence-electron chi connectivity index (χ2n) is 5.42. The first-order valence-corrected chi connectivity index (χ1v) is 8.75. The van der Waals surface area contributed by atoms with Crippen LogP contribution in [0.1, 0.15) is 41.7 Å². The number of ketones is 1. The van der Waals surface area contributed by atoms with E-state index in [-0.39, 0.29) is 23.5 Å². The van der Waals surface area contributed by atoms with E-state index in [0.29, 0.717) is 24.1 Å². The van der Waals surface area contributed by atoms with E-state index < -0.39 is 9.84 Å². The van der Waals surface area contributed by atoms with Crippen LogP contribution in [0.4, 0.5) is 0 Å². The molecule has 0 saturated heterocycles. The zero-order valence-corrected chi connectivity index (χ0v) is 12.4. The van der Waals surface area contributed by atoms with Crippen molar-refractivity contribution in [3.8, 4) is 0 Å². The Morgan fingerprint density at radius 2 is 2.20 bits per heavy atom. The zero-order chi connectivity index (χ0) is 14.8. The third-order valence-corrected chi connectivity index (χ3v) is 5.55. The molecule has 0 amide bonds. The first kappa shape index (κ1) is 15.1. The molecule has 1 aliphatic rings. The number of carbonyl (C=O) groups is 1. The minimum Gasteiger partial charge on any atom is -0.325 e. The van der Waals surface area contributed by atoms with Gasteiger partial charge in [-0.25, -0.2) is 8.42 Å². The number of hydrogen-bond donors (Lipinski definition) is 1. The molecule has 2 atom stereocenters. The molecular weight excluding hydrogens is 276 g/mol. The van der Waals surface area contributed by atoms with Crippen molar-refractivity contribution in [2.75, 3.05) is 6.26 Å². The highest BCUT2D eigenvalue weighted by Gasteiger charge is 2.32. The number of pyridine rings is 1. The van der Waals surface area contributed by atoms with Crippen molar-refractivity contribution >= 4 is 15.6 Å². The molecule has 1 fully saturated rings. The van der Waals surface area contributed by atoms with E-state index in [9.17, 15) is 13.2 Å². The van der Waals surface area contributed by atoms with Gasteiger partial charge in [0.25, 0.3) is 0 Å². The molecule has 0 radical (unpaired) electrons. The molecule has 6 heteroatoms. The molecule has 0 bridgehead atoms. The Morgan fingerprint density at radius 3 is 2.85 bits per heavy atom. The fourth-order valence-electron chi connectivity index (χ4n) is 2.75. The van der Waals surface area contributed by atoms with E-state index in [1.165, 1.54) is 6.26 Å². The lowest BCUT2D eigenvalue weighted by Gasteiger charge is -2.27. The van der Waals surface area contributed by atoms with Gasteiger partial charge in [-0.1, -0.05) is 6.42 Å². The molecule has 0 aromatic carbocycles. The molecule has 0 aliphatic heterocycles. The quantitative estimate of drug-likeness (QED) is 0.846. The number of nitrogens with zero attached hydrogens (tertiary/aromatic N) is 1. The summed E-state index contributed by atoms with van der Waals surface area (Å²) in [6, 6.07) is 3.37. The molecule has 20 heavy (non-hydrogen) atoms. The van der Waals surface area contributed by atoms with Gasteiger partial charge in [-0.3, -0.25) is 9.78 Å². The molecule has 1 aromatic heterocycles. The number of hydrogen-bond acceptors (Lipinski definition) is 5. The maximum absolute atomic E-state index is 12.5. The van der Waals surface area contributed by atoms with E-state index in [1.54, 1.807) is 18.3 Å². The molecule has 1 saturated carbocycles. The molecule has 1 aromatic rings. The monoisotopic (exact) mass is 296 g/mol. The smallest absolute Gasteiger partial charge is 0.166 e. The predicted octanol–water partition coefficient (Wildman–Crippen LogP) is 1.33. The third kappa shape index (κ3) is 3.43. The first-order valence-electron chi connectivity index (χ1n) is 6.80. The van der Waals surface area contributed by atoms with Gasteiger partial charge in [0.05, 0.1) is 10.9 Å². The van der Waals surface area contributed by atoms with Gasteiger partial charge in [0.2, 0.25) is 0 Å².